The maximum Gasteiger partial charge on any atom is 0.321 e. The number of rotatable bonds is 3. The highest BCUT2D eigenvalue weighted by Gasteiger charge is 2.66. The van der Waals surface area contributed by atoms with Crippen molar-refractivity contribution < 1.29 is 9.59 Å². The standard InChI is InChI=1S/C17H22Cl2N2O2/c1-9(13-16(2,3)17(13,4)5)20-15(23)21-14(22)11-7-6-10(18)8-12(11)19/h6-9,13H,1-5H3,(H2,20,21,22,23). The van der Waals surface area contributed by atoms with Crippen LogP contribution >= 0.6 is 23.2 Å². The molecule has 2 rings (SSSR count). The zero-order valence-electron chi connectivity index (χ0n) is 14.0. The summed E-state index contributed by atoms with van der Waals surface area (Å²) in [6.45, 7) is 10.7. The average Bonchev–Trinajstić information content (AvgIpc) is 2.78. The van der Waals surface area contributed by atoms with E-state index in [0.29, 0.717) is 10.9 Å². The van der Waals surface area contributed by atoms with Crippen LogP contribution in [0, 0.1) is 16.7 Å². The van der Waals surface area contributed by atoms with Gasteiger partial charge >= 0.3 is 6.03 Å². The number of carbonyl (C=O) groups excluding carboxylic acids is 2. The van der Waals surface area contributed by atoms with E-state index in [1.54, 1.807) is 6.07 Å². The van der Waals surface area contributed by atoms with Crippen LogP contribution in [0.4, 0.5) is 4.79 Å². The molecule has 0 heterocycles. The fourth-order valence-electron chi connectivity index (χ4n) is 3.67. The van der Waals surface area contributed by atoms with Crippen molar-refractivity contribution in [1.82, 2.24) is 10.6 Å². The lowest BCUT2D eigenvalue weighted by molar-refractivity contribution is 0.0963. The van der Waals surface area contributed by atoms with Gasteiger partial charge < -0.3 is 5.32 Å². The van der Waals surface area contributed by atoms with E-state index in [4.69, 9.17) is 23.2 Å². The third kappa shape index (κ3) is 3.33. The zero-order chi connectivity index (χ0) is 17.6. The number of amides is 3. The summed E-state index contributed by atoms with van der Waals surface area (Å²) in [5.41, 5.74) is 0.526. The van der Waals surface area contributed by atoms with Gasteiger partial charge in [-0.1, -0.05) is 50.9 Å². The summed E-state index contributed by atoms with van der Waals surface area (Å²) < 4.78 is 0. The number of hydrogen-bond acceptors (Lipinski definition) is 2. The van der Waals surface area contributed by atoms with Crippen LogP contribution in [0.1, 0.15) is 45.0 Å². The van der Waals surface area contributed by atoms with E-state index < -0.39 is 11.9 Å². The van der Waals surface area contributed by atoms with Crippen molar-refractivity contribution >= 4 is 35.1 Å². The number of benzene rings is 1. The lowest BCUT2D eigenvalue weighted by Crippen LogP contribution is -2.45. The van der Waals surface area contributed by atoms with E-state index in [-0.39, 0.29) is 27.5 Å². The smallest absolute Gasteiger partial charge is 0.321 e. The van der Waals surface area contributed by atoms with Crippen molar-refractivity contribution in [3.05, 3.63) is 33.8 Å². The molecule has 0 spiro atoms. The Balaban J connectivity index is 1.96. The number of carbonyl (C=O) groups is 2. The second-order valence-electron chi connectivity index (χ2n) is 7.26. The second kappa shape index (κ2) is 5.99. The molecule has 0 aromatic heterocycles. The predicted octanol–water partition coefficient (Wildman–Crippen LogP) is 4.50. The van der Waals surface area contributed by atoms with Crippen LogP contribution in [0.2, 0.25) is 10.0 Å². The SMILES string of the molecule is CC(NC(=O)NC(=O)c1ccc(Cl)cc1Cl)C1C(C)(C)C1(C)C. The highest BCUT2D eigenvalue weighted by Crippen LogP contribution is 2.69. The first-order valence-electron chi connectivity index (χ1n) is 7.55. The van der Waals surface area contributed by atoms with Crippen molar-refractivity contribution in [3.63, 3.8) is 0 Å². The highest BCUT2D eigenvalue weighted by atomic mass is 35.5. The third-order valence-corrected chi connectivity index (χ3v) is 5.94. The minimum absolute atomic E-state index is 0.0338. The van der Waals surface area contributed by atoms with Crippen molar-refractivity contribution in [2.75, 3.05) is 0 Å². The molecule has 0 radical (unpaired) electrons. The van der Waals surface area contributed by atoms with E-state index in [1.807, 2.05) is 6.92 Å². The number of halogens is 2. The van der Waals surface area contributed by atoms with Gasteiger partial charge in [0.05, 0.1) is 10.6 Å². The van der Waals surface area contributed by atoms with Gasteiger partial charge in [0.2, 0.25) is 0 Å². The summed E-state index contributed by atoms with van der Waals surface area (Å²) in [6, 6.07) is 3.95. The van der Waals surface area contributed by atoms with Gasteiger partial charge in [0, 0.05) is 11.1 Å². The van der Waals surface area contributed by atoms with Gasteiger partial charge in [-0.3, -0.25) is 10.1 Å². The van der Waals surface area contributed by atoms with Crippen molar-refractivity contribution in [1.29, 1.82) is 0 Å². The number of nitrogens with one attached hydrogen (secondary N) is 2. The molecule has 0 saturated heterocycles. The number of urea groups is 1. The second-order valence-corrected chi connectivity index (χ2v) is 8.11. The van der Waals surface area contributed by atoms with Gasteiger partial charge in [-0.25, -0.2) is 4.79 Å². The molecule has 1 atom stereocenters. The molecule has 2 N–H and O–H groups in total. The average molecular weight is 357 g/mol. The molecule has 0 aliphatic heterocycles. The normalized spacial score (nSPS) is 19.8. The lowest BCUT2D eigenvalue weighted by atomic mass is 10.0. The maximum atomic E-state index is 12.1. The monoisotopic (exact) mass is 356 g/mol. The predicted molar refractivity (Wildman–Crippen MR) is 93.0 cm³/mol. The lowest BCUT2D eigenvalue weighted by Gasteiger charge is -2.16. The van der Waals surface area contributed by atoms with Gasteiger partial charge in [-0.15, -0.1) is 0 Å². The Bertz CT molecular complexity index is 642. The van der Waals surface area contributed by atoms with Crippen LogP contribution in [-0.2, 0) is 0 Å². The maximum absolute atomic E-state index is 12.1. The van der Waals surface area contributed by atoms with Crippen LogP contribution in [0.3, 0.4) is 0 Å². The fourth-order valence-corrected chi connectivity index (χ4v) is 4.16. The molecule has 1 fully saturated rings. The molecule has 23 heavy (non-hydrogen) atoms. The summed E-state index contributed by atoms with van der Waals surface area (Å²) >= 11 is 11.8. The summed E-state index contributed by atoms with van der Waals surface area (Å²) in [5.74, 6) is -0.194. The summed E-state index contributed by atoms with van der Waals surface area (Å²) in [6.07, 6.45) is 0. The largest absolute Gasteiger partial charge is 0.335 e. The van der Waals surface area contributed by atoms with E-state index in [2.05, 4.69) is 38.3 Å². The summed E-state index contributed by atoms with van der Waals surface area (Å²) in [5, 5.41) is 5.79. The Kier molecular flexibility index (Phi) is 4.71. The molecule has 126 valence electrons. The van der Waals surface area contributed by atoms with Gasteiger partial charge in [-0.05, 0) is 41.9 Å². The Morgan fingerprint density at radius 1 is 1.13 bits per heavy atom. The minimum atomic E-state index is -0.550. The zero-order valence-corrected chi connectivity index (χ0v) is 15.5. The van der Waals surface area contributed by atoms with Crippen LogP contribution in [0.25, 0.3) is 0 Å². The van der Waals surface area contributed by atoms with E-state index in [0.717, 1.165) is 0 Å². The molecule has 1 unspecified atom stereocenters. The molecule has 1 aliphatic carbocycles. The molecule has 4 nitrogen and oxygen atoms in total. The molecule has 3 amide bonds. The fraction of sp³-hybridized carbons (Fsp3) is 0.529. The van der Waals surface area contributed by atoms with Gasteiger partial charge in [0.15, 0.2) is 0 Å². The Morgan fingerprint density at radius 2 is 1.70 bits per heavy atom. The van der Waals surface area contributed by atoms with Crippen LogP contribution in [0.15, 0.2) is 18.2 Å². The first kappa shape index (κ1) is 18.1. The van der Waals surface area contributed by atoms with Crippen molar-refractivity contribution in [2.24, 2.45) is 16.7 Å². The van der Waals surface area contributed by atoms with Crippen LogP contribution < -0.4 is 10.6 Å². The molecule has 6 heteroatoms. The summed E-state index contributed by atoms with van der Waals surface area (Å²) in [4.78, 5) is 24.2. The van der Waals surface area contributed by atoms with Gasteiger partial charge in [0.25, 0.3) is 5.91 Å². The Hall–Kier alpha value is -1.26. The molecular formula is C17H22Cl2N2O2. The van der Waals surface area contributed by atoms with E-state index in [9.17, 15) is 9.59 Å². The number of imide groups is 1. The Morgan fingerprint density at radius 3 is 2.17 bits per heavy atom. The molecular weight excluding hydrogens is 335 g/mol. The molecule has 0 bridgehead atoms. The molecule has 1 aromatic carbocycles. The van der Waals surface area contributed by atoms with Crippen molar-refractivity contribution in [2.45, 2.75) is 40.7 Å². The summed E-state index contributed by atoms with van der Waals surface area (Å²) in [7, 11) is 0. The molecule has 1 aliphatic rings. The van der Waals surface area contributed by atoms with Crippen molar-refractivity contribution in [3.8, 4) is 0 Å². The minimum Gasteiger partial charge on any atom is -0.335 e. The number of hydrogen-bond donors (Lipinski definition) is 2. The van der Waals surface area contributed by atoms with Gasteiger partial charge in [-0.2, -0.15) is 0 Å². The molecule has 1 saturated carbocycles. The molecule has 1 aromatic rings. The first-order chi connectivity index (χ1) is 10.5. The topological polar surface area (TPSA) is 58.2 Å². The van der Waals surface area contributed by atoms with E-state index in [1.165, 1.54) is 12.1 Å². The van der Waals surface area contributed by atoms with Gasteiger partial charge in [0.1, 0.15) is 0 Å². The van der Waals surface area contributed by atoms with E-state index >= 15 is 0 Å². The highest BCUT2D eigenvalue weighted by molar-refractivity contribution is 6.37. The Labute approximate surface area is 146 Å². The van der Waals surface area contributed by atoms with Crippen LogP contribution in [0.5, 0.6) is 0 Å². The quantitative estimate of drug-likeness (QED) is 0.837. The van der Waals surface area contributed by atoms with Crippen LogP contribution in [-0.4, -0.2) is 18.0 Å². The first-order valence-corrected chi connectivity index (χ1v) is 8.31. The third-order valence-electron chi connectivity index (χ3n) is 5.39.